The Morgan fingerprint density at radius 2 is 1.83 bits per heavy atom. The average Bonchev–Trinajstić information content (AvgIpc) is 3.38. The average molecular weight is 398 g/mol. The quantitative estimate of drug-likeness (QED) is 0.640. The van der Waals surface area contributed by atoms with Gasteiger partial charge < -0.3 is 4.90 Å². The summed E-state index contributed by atoms with van der Waals surface area (Å²) < 4.78 is 2.02. The summed E-state index contributed by atoms with van der Waals surface area (Å²) in [6.07, 6.45) is 2.47. The SMILES string of the molecule is Cc1nn(-c2ccccc2)c2c1CC1(C(=O)NC(=O)c3ccccc31)[C@H]1CCCN21. The minimum absolute atomic E-state index is 0.00203. The van der Waals surface area contributed by atoms with Crippen molar-refractivity contribution >= 4 is 17.6 Å². The first-order chi connectivity index (χ1) is 14.6. The summed E-state index contributed by atoms with van der Waals surface area (Å²) in [6.45, 7) is 2.89. The summed E-state index contributed by atoms with van der Waals surface area (Å²) in [5.74, 6) is 0.614. The van der Waals surface area contributed by atoms with E-state index in [2.05, 4.69) is 22.3 Å². The third-order valence-corrected chi connectivity index (χ3v) is 6.99. The normalized spacial score (nSPS) is 24.4. The van der Waals surface area contributed by atoms with E-state index in [0.29, 0.717) is 12.0 Å². The topological polar surface area (TPSA) is 67.2 Å². The van der Waals surface area contributed by atoms with Crippen LogP contribution in [0.15, 0.2) is 54.6 Å². The van der Waals surface area contributed by atoms with Gasteiger partial charge in [-0.25, -0.2) is 4.68 Å². The predicted octanol–water partition coefficient (Wildman–Crippen LogP) is 2.91. The van der Waals surface area contributed by atoms with E-state index in [4.69, 9.17) is 5.10 Å². The highest BCUT2D eigenvalue weighted by molar-refractivity contribution is 6.14. The molecule has 1 saturated heterocycles. The van der Waals surface area contributed by atoms with Gasteiger partial charge in [0, 0.05) is 23.7 Å². The Kier molecular flexibility index (Phi) is 3.52. The molecule has 0 saturated carbocycles. The smallest absolute Gasteiger partial charge is 0.258 e. The van der Waals surface area contributed by atoms with E-state index in [1.54, 1.807) is 0 Å². The van der Waals surface area contributed by atoms with Crippen molar-refractivity contribution in [3.8, 4) is 5.69 Å². The Morgan fingerprint density at radius 3 is 2.67 bits per heavy atom. The molecule has 2 amide bonds. The Hall–Kier alpha value is -3.41. The molecule has 3 aromatic rings. The Morgan fingerprint density at radius 1 is 1.07 bits per heavy atom. The van der Waals surface area contributed by atoms with Gasteiger partial charge in [0.25, 0.3) is 5.91 Å². The molecule has 150 valence electrons. The van der Waals surface area contributed by atoms with Crippen LogP contribution >= 0.6 is 0 Å². The molecule has 0 radical (unpaired) electrons. The van der Waals surface area contributed by atoms with Crippen LogP contribution in [0, 0.1) is 6.92 Å². The number of imide groups is 1. The predicted molar refractivity (Wildman–Crippen MR) is 113 cm³/mol. The van der Waals surface area contributed by atoms with Gasteiger partial charge >= 0.3 is 0 Å². The van der Waals surface area contributed by atoms with Gasteiger partial charge in [-0.1, -0.05) is 36.4 Å². The fourth-order valence-corrected chi connectivity index (χ4v) is 5.71. The Bertz CT molecular complexity index is 1200. The number of fused-ring (bicyclic) bond motifs is 6. The molecule has 0 bridgehead atoms. The lowest BCUT2D eigenvalue weighted by molar-refractivity contribution is -0.127. The van der Waals surface area contributed by atoms with E-state index in [0.717, 1.165) is 47.7 Å². The minimum atomic E-state index is -0.774. The van der Waals surface area contributed by atoms with E-state index in [-0.39, 0.29) is 17.9 Å². The second kappa shape index (κ2) is 6.05. The maximum atomic E-state index is 13.5. The van der Waals surface area contributed by atoms with E-state index in [1.165, 1.54) is 0 Å². The van der Waals surface area contributed by atoms with Gasteiger partial charge in [0.2, 0.25) is 5.91 Å². The molecule has 6 nitrogen and oxygen atoms in total. The van der Waals surface area contributed by atoms with Gasteiger partial charge in [-0.3, -0.25) is 14.9 Å². The molecule has 2 aromatic carbocycles. The van der Waals surface area contributed by atoms with Crippen molar-refractivity contribution in [2.75, 3.05) is 11.4 Å². The lowest BCUT2D eigenvalue weighted by Gasteiger charge is -2.48. The zero-order chi connectivity index (χ0) is 20.5. The van der Waals surface area contributed by atoms with Crippen LogP contribution in [-0.4, -0.2) is 34.2 Å². The van der Waals surface area contributed by atoms with Crippen molar-refractivity contribution in [2.45, 2.75) is 37.6 Å². The third kappa shape index (κ3) is 2.11. The Labute approximate surface area is 174 Å². The van der Waals surface area contributed by atoms with Gasteiger partial charge in [0.15, 0.2) is 0 Å². The van der Waals surface area contributed by atoms with Crippen molar-refractivity contribution in [2.24, 2.45) is 0 Å². The van der Waals surface area contributed by atoms with Crippen LogP contribution in [0.3, 0.4) is 0 Å². The molecule has 1 aromatic heterocycles. The first-order valence-electron chi connectivity index (χ1n) is 10.5. The third-order valence-electron chi connectivity index (χ3n) is 6.99. The van der Waals surface area contributed by atoms with Crippen LogP contribution in [0.5, 0.6) is 0 Å². The maximum Gasteiger partial charge on any atom is 0.258 e. The van der Waals surface area contributed by atoms with Crippen LogP contribution in [-0.2, 0) is 16.6 Å². The fourth-order valence-electron chi connectivity index (χ4n) is 5.71. The molecule has 3 aliphatic heterocycles. The van der Waals surface area contributed by atoms with Crippen LogP contribution in [0.1, 0.15) is 40.0 Å². The van der Waals surface area contributed by atoms with E-state index in [1.807, 2.05) is 54.1 Å². The summed E-state index contributed by atoms with van der Waals surface area (Å²) in [7, 11) is 0. The number of carbonyl (C=O) groups excluding carboxylic acids is 2. The number of para-hydroxylation sites is 1. The van der Waals surface area contributed by atoms with Crippen molar-refractivity contribution in [1.29, 1.82) is 0 Å². The zero-order valence-corrected chi connectivity index (χ0v) is 16.8. The number of nitrogens with zero attached hydrogens (tertiary/aromatic N) is 3. The summed E-state index contributed by atoms with van der Waals surface area (Å²) in [6, 6.07) is 17.7. The number of carbonyl (C=O) groups is 2. The van der Waals surface area contributed by atoms with Gasteiger partial charge in [-0.05, 0) is 49.9 Å². The first kappa shape index (κ1) is 17.4. The molecular formula is C24H22N4O2. The summed E-state index contributed by atoms with van der Waals surface area (Å²) >= 11 is 0. The van der Waals surface area contributed by atoms with Gasteiger partial charge in [-0.2, -0.15) is 5.10 Å². The minimum Gasteiger partial charge on any atom is -0.352 e. The number of rotatable bonds is 1. The van der Waals surface area contributed by atoms with E-state index >= 15 is 0 Å². The van der Waals surface area contributed by atoms with Crippen molar-refractivity contribution in [3.63, 3.8) is 0 Å². The highest BCUT2D eigenvalue weighted by Gasteiger charge is 2.58. The number of anilines is 1. The Balaban J connectivity index is 1.61. The summed E-state index contributed by atoms with van der Waals surface area (Å²) in [4.78, 5) is 28.4. The van der Waals surface area contributed by atoms with Crippen LogP contribution in [0.25, 0.3) is 5.69 Å². The van der Waals surface area contributed by atoms with Crippen LogP contribution < -0.4 is 10.2 Å². The molecule has 2 atom stereocenters. The number of amides is 2. The molecule has 6 heteroatoms. The second-order valence-electron chi connectivity index (χ2n) is 8.46. The number of aromatic nitrogens is 2. The maximum absolute atomic E-state index is 13.5. The van der Waals surface area contributed by atoms with Crippen molar-refractivity contribution in [3.05, 3.63) is 77.0 Å². The van der Waals surface area contributed by atoms with Crippen LogP contribution in [0.2, 0.25) is 0 Å². The molecule has 6 rings (SSSR count). The monoisotopic (exact) mass is 398 g/mol. The highest BCUT2D eigenvalue weighted by Crippen LogP contribution is 2.50. The molecular weight excluding hydrogens is 376 g/mol. The zero-order valence-electron chi connectivity index (χ0n) is 16.8. The summed E-state index contributed by atoms with van der Waals surface area (Å²) in [5.41, 5.74) is 3.74. The van der Waals surface area contributed by atoms with Crippen LogP contribution in [0.4, 0.5) is 5.82 Å². The number of nitrogens with one attached hydrogen (secondary N) is 1. The fraction of sp³-hybridized carbons (Fsp3) is 0.292. The van der Waals surface area contributed by atoms with E-state index in [9.17, 15) is 9.59 Å². The highest BCUT2D eigenvalue weighted by atomic mass is 16.2. The molecule has 1 spiro atoms. The van der Waals surface area contributed by atoms with Gasteiger partial charge in [0.05, 0.1) is 16.8 Å². The summed E-state index contributed by atoms with van der Waals surface area (Å²) in [5, 5.41) is 7.54. The molecule has 4 heterocycles. The van der Waals surface area contributed by atoms with Crippen molar-refractivity contribution < 1.29 is 9.59 Å². The molecule has 30 heavy (non-hydrogen) atoms. The van der Waals surface area contributed by atoms with Gasteiger partial charge in [-0.15, -0.1) is 0 Å². The standard InChI is InChI=1S/C24H22N4O2/c1-15-18-14-24(19-11-6-5-10-17(19)21(29)25-23(24)30)20-12-7-13-27(20)22(18)28(26-15)16-8-3-2-4-9-16/h2-6,8-11,20H,7,12-14H2,1H3,(H,25,29,30)/t20-,24?/m1/s1. The number of hydrogen-bond acceptors (Lipinski definition) is 4. The lowest BCUT2D eigenvalue weighted by atomic mass is 9.64. The number of aryl methyl sites for hydroxylation is 1. The second-order valence-corrected chi connectivity index (χ2v) is 8.46. The molecule has 1 fully saturated rings. The molecule has 1 unspecified atom stereocenters. The van der Waals surface area contributed by atoms with E-state index < -0.39 is 5.41 Å². The van der Waals surface area contributed by atoms with Crippen molar-refractivity contribution in [1.82, 2.24) is 15.1 Å². The lowest BCUT2D eigenvalue weighted by Crippen LogP contribution is -2.64. The van der Waals surface area contributed by atoms with Gasteiger partial charge in [0.1, 0.15) is 5.82 Å². The molecule has 3 aliphatic rings. The molecule has 1 N–H and O–H groups in total. The number of hydrogen-bond donors (Lipinski definition) is 1. The number of benzene rings is 2. The first-order valence-corrected chi connectivity index (χ1v) is 10.5. The molecule has 0 aliphatic carbocycles. The largest absolute Gasteiger partial charge is 0.352 e.